The van der Waals surface area contributed by atoms with Gasteiger partial charge < -0.3 is 14.2 Å². The van der Waals surface area contributed by atoms with E-state index in [2.05, 4.69) is 12.1 Å². The van der Waals surface area contributed by atoms with Gasteiger partial charge in [-0.25, -0.2) is 0 Å². The highest BCUT2D eigenvalue weighted by Crippen LogP contribution is 2.15. The Labute approximate surface area is 148 Å². The fraction of sp³-hybridized carbons (Fsp3) is 0.300. The number of ether oxygens (including phenoxy) is 3. The molecule has 0 spiro atoms. The first-order chi connectivity index (χ1) is 12.3. The van der Waals surface area contributed by atoms with Crippen molar-refractivity contribution in [2.24, 2.45) is 0 Å². The summed E-state index contributed by atoms with van der Waals surface area (Å²) < 4.78 is 16.2. The first-order valence-electron chi connectivity index (χ1n) is 8.07. The van der Waals surface area contributed by atoms with Crippen LogP contribution in [0.1, 0.15) is 24.0 Å². The van der Waals surface area contributed by atoms with Gasteiger partial charge in [-0.05, 0) is 48.2 Å². The Hall–Kier alpha value is -3.02. The summed E-state index contributed by atoms with van der Waals surface area (Å²) in [6, 6.07) is 19.5. The lowest BCUT2D eigenvalue weighted by Crippen LogP contribution is -2.08. The molecule has 0 aromatic heterocycles. The molecule has 2 rings (SSSR count). The van der Waals surface area contributed by atoms with Gasteiger partial charge in [0.1, 0.15) is 11.5 Å². The van der Waals surface area contributed by atoms with E-state index < -0.39 is 0 Å². The van der Waals surface area contributed by atoms with Crippen LogP contribution in [0.3, 0.4) is 0 Å². The third kappa shape index (κ3) is 6.95. The van der Waals surface area contributed by atoms with Crippen molar-refractivity contribution < 1.29 is 14.2 Å². The minimum absolute atomic E-state index is 0.0950. The summed E-state index contributed by atoms with van der Waals surface area (Å²) in [5.41, 5.74) is 2.22. The van der Waals surface area contributed by atoms with Crippen LogP contribution in [0.4, 0.5) is 0 Å². The molecule has 0 radical (unpaired) electrons. The van der Waals surface area contributed by atoms with Crippen molar-refractivity contribution in [3.05, 3.63) is 59.7 Å². The highest BCUT2D eigenvalue weighted by Gasteiger charge is 1.98. The first kappa shape index (κ1) is 18.3. The number of nitrogens with zero attached hydrogens (tertiary/aromatic N) is 2. The van der Waals surface area contributed by atoms with Gasteiger partial charge in [-0.3, -0.25) is 0 Å². The molecule has 5 nitrogen and oxygen atoms in total. The van der Waals surface area contributed by atoms with Gasteiger partial charge in [0.05, 0.1) is 12.1 Å². The quantitative estimate of drug-likeness (QED) is 0.484. The lowest BCUT2D eigenvalue weighted by molar-refractivity contribution is -0.0536. The normalized spacial score (nSPS) is 9.84. The molecule has 0 N–H and O–H groups in total. The molecule has 5 heteroatoms. The van der Waals surface area contributed by atoms with Gasteiger partial charge in [-0.1, -0.05) is 24.3 Å². The molecule has 0 aliphatic rings. The summed E-state index contributed by atoms with van der Waals surface area (Å²) in [4.78, 5) is 0. The van der Waals surface area contributed by atoms with E-state index in [-0.39, 0.29) is 13.6 Å². The predicted molar refractivity (Wildman–Crippen MR) is 92.8 cm³/mol. The maximum Gasteiger partial charge on any atom is 0.192 e. The molecular weight excluding hydrogens is 316 g/mol. The third-order valence-corrected chi connectivity index (χ3v) is 3.52. The van der Waals surface area contributed by atoms with E-state index in [0.717, 1.165) is 24.0 Å². The first-order valence-corrected chi connectivity index (χ1v) is 8.07. The Morgan fingerprint density at radius 2 is 1.04 bits per heavy atom. The lowest BCUT2D eigenvalue weighted by Gasteiger charge is -2.09. The zero-order valence-corrected chi connectivity index (χ0v) is 14.0. The van der Waals surface area contributed by atoms with Gasteiger partial charge in [0, 0.05) is 12.8 Å². The summed E-state index contributed by atoms with van der Waals surface area (Å²) in [5.74, 6) is 1.42. The van der Waals surface area contributed by atoms with Crippen molar-refractivity contribution in [3.8, 4) is 23.6 Å². The zero-order valence-electron chi connectivity index (χ0n) is 14.0. The summed E-state index contributed by atoms with van der Waals surface area (Å²) in [6.07, 6.45) is 2.52. The van der Waals surface area contributed by atoms with E-state index in [1.807, 2.05) is 48.5 Å². The number of hydrogen-bond donors (Lipinski definition) is 0. The SMILES string of the molecule is N#CCCc1ccc(OCOCOc2ccc(CCC#N)cc2)cc1. The van der Waals surface area contributed by atoms with Crippen LogP contribution < -0.4 is 9.47 Å². The fourth-order valence-corrected chi connectivity index (χ4v) is 2.16. The minimum Gasteiger partial charge on any atom is -0.467 e. The molecule has 0 saturated heterocycles. The van der Waals surface area contributed by atoms with Crippen LogP contribution in [0.2, 0.25) is 0 Å². The molecule has 0 bridgehead atoms. The average Bonchev–Trinajstić information content (AvgIpc) is 2.66. The number of benzene rings is 2. The van der Waals surface area contributed by atoms with Crippen molar-refractivity contribution in [3.63, 3.8) is 0 Å². The summed E-state index contributed by atoms with van der Waals surface area (Å²) in [7, 11) is 0. The largest absolute Gasteiger partial charge is 0.467 e. The minimum atomic E-state index is 0.0950. The predicted octanol–water partition coefficient (Wildman–Crippen LogP) is 3.99. The Kier molecular flexibility index (Phi) is 7.84. The van der Waals surface area contributed by atoms with Crippen molar-refractivity contribution in [1.29, 1.82) is 10.5 Å². The number of hydrogen-bond acceptors (Lipinski definition) is 5. The molecule has 0 aliphatic carbocycles. The van der Waals surface area contributed by atoms with E-state index in [9.17, 15) is 0 Å². The third-order valence-electron chi connectivity index (χ3n) is 3.52. The van der Waals surface area contributed by atoms with Crippen molar-refractivity contribution >= 4 is 0 Å². The van der Waals surface area contributed by atoms with E-state index >= 15 is 0 Å². The topological polar surface area (TPSA) is 75.3 Å². The smallest absolute Gasteiger partial charge is 0.192 e. The maximum atomic E-state index is 8.56. The van der Waals surface area contributed by atoms with Crippen LogP contribution in [-0.4, -0.2) is 13.6 Å². The molecule has 2 aromatic carbocycles. The van der Waals surface area contributed by atoms with Crippen molar-refractivity contribution in [2.75, 3.05) is 13.6 Å². The summed E-state index contributed by atoms with van der Waals surface area (Å²) in [6.45, 7) is 0.190. The fourth-order valence-electron chi connectivity index (χ4n) is 2.16. The Bertz CT molecular complexity index is 649. The van der Waals surface area contributed by atoms with Crippen molar-refractivity contribution in [1.82, 2.24) is 0 Å². The van der Waals surface area contributed by atoms with Crippen LogP contribution in [0.15, 0.2) is 48.5 Å². The monoisotopic (exact) mass is 336 g/mol. The van der Waals surface area contributed by atoms with Crippen molar-refractivity contribution in [2.45, 2.75) is 25.7 Å². The molecule has 0 heterocycles. The molecule has 0 atom stereocenters. The van der Waals surface area contributed by atoms with Crippen LogP contribution in [0.25, 0.3) is 0 Å². The van der Waals surface area contributed by atoms with E-state index in [4.69, 9.17) is 24.7 Å². The molecule has 128 valence electrons. The Morgan fingerprint density at radius 1 is 0.640 bits per heavy atom. The van der Waals surface area contributed by atoms with Gasteiger partial charge in [0.2, 0.25) is 0 Å². The van der Waals surface area contributed by atoms with Gasteiger partial charge in [0.25, 0.3) is 0 Å². The highest BCUT2D eigenvalue weighted by atomic mass is 16.7. The van der Waals surface area contributed by atoms with E-state index in [0.29, 0.717) is 24.3 Å². The van der Waals surface area contributed by atoms with Gasteiger partial charge in [-0.2, -0.15) is 10.5 Å². The maximum absolute atomic E-state index is 8.56. The second-order valence-electron chi connectivity index (χ2n) is 5.33. The summed E-state index contributed by atoms with van der Waals surface area (Å²) in [5, 5.41) is 17.1. The second-order valence-corrected chi connectivity index (χ2v) is 5.33. The zero-order chi connectivity index (χ0) is 17.7. The number of aryl methyl sites for hydroxylation is 2. The lowest BCUT2D eigenvalue weighted by atomic mass is 10.1. The van der Waals surface area contributed by atoms with Crippen LogP contribution in [0.5, 0.6) is 11.5 Å². The van der Waals surface area contributed by atoms with Crippen LogP contribution >= 0.6 is 0 Å². The molecular formula is C20H20N2O3. The molecule has 0 aliphatic heterocycles. The molecule has 0 saturated carbocycles. The molecule has 0 fully saturated rings. The van der Waals surface area contributed by atoms with E-state index in [1.54, 1.807) is 0 Å². The van der Waals surface area contributed by atoms with Gasteiger partial charge in [-0.15, -0.1) is 0 Å². The molecule has 0 amide bonds. The average molecular weight is 336 g/mol. The van der Waals surface area contributed by atoms with Crippen LogP contribution in [-0.2, 0) is 17.6 Å². The standard InChI is InChI=1S/C20H20N2O3/c21-13-1-3-17-5-9-19(10-6-17)24-15-23-16-25-20-11-7-18(8-12-20)4-2-14-22/h5-12H,1-4,15-16H2. The number of nitriles is 2. The van der Waals surface area contributed by atoms with Gasteiger partial charge >= 0.3 is 0 Å². The number of rotatable bonds is 10. The molecule has 25 heavy (non-hydrogen) atoms. The highest BCUT2D eigenvalue weighted by molar-refractivity contribution is 5.28. The molecule has 2 aromatic rings. The molecule has 0 unspecified atom stereocenters. The van der Waals surface area contributed by atoms with Crippen LogP contribution in [0, 0.1) is 22.7 Å². The van der Waals surface area contributed by atoms with E-state index in [1.165, 1.54) is 0 Å². The Morgan fingerprint density at radius 3 is 1.40 bits per heavy atom. The summed E-state index contributed by atoms with van der Waals surface area (Å²) >= 11 is 0. The second kappa shape index (κ2) is 10.7. The Balaban J connectivity index is 1.63. The van der Waals surface area contributed by atoms with Gasteiger partial charge in [0.15, 0.2) is 13.6 Å².